The van der Waals surface area contributed by atoms with Crippen LogP contribution in [0.5, 0.6) is 0 Å². The van der Waals surface area contributed by atoms with Crippen LogP contribution in [0.2, 0.25) is 10.0 Å². The molecule has 130 valence electrons. The highest BCUT2D eigenvalue weighted by Gasteiger charge is 2.13. The molecular formula is C18H12Cl2N4O2. The van der Waals surface area contributed by atoms with E-state index >= 15 is 0 Å². The van der Waals surface area contributed by atoms with Crippen molar-refractivity contribution in [3.05, 3.63) is 74.6 Å². The van der Waals surface area contributed by atoms with Gasteiger partial charge in [0.2, 0.25) is 11.7 Å². The second-order valence-electron chi connectivity index (χ2n) is 5.84. The Morgan fingerprint density at radius 1 is 1.15 bits per heavy atom. The van der Waals surface area contributed by atoms with Crippen LogP contribution in [-0.2, 0) is 6.54 Å². The minimum Gasteiger partial charge on any atom is -0.337 e. The van der Waals surface area contributed by atoms with Crippen molar-refractivity contribution in [2.45, 2.75) is 13.5 Å². The first kappa shape index (κ1) is 16.8. The lowest BCUT2D eigenvalue weighted by atomic mass is 10.1. The number of halogens is 2. The smallest absolute Gasteiger partial charge is 0.261 e. The molecule has 2 heterocycles. The van der Waals surface area contributed by atoms with Gasteiger partial charge in [0.05, 0.1) is 22.3 Å². The van der Waals surface area contributed by atoms with Crippen LogP contribution in [0.4, 0.5) is 0 Å². The van der Waals surface area contributed by atoms with Crippen LogP contribution in [0.1, 0.15) is 11.5 Å². The fourth-order valence-corrected chi connectivity index (χ4v) is 3.13. The standard InChI is InChI=1S/C18H12Cl2N4O2/c1-10-2-4-11(5-3-10)17-22-15(26-23-17)8-24-9-21-16-13(18(24)25)6-12(19)7-14(16)20/h2-7,9H,8H2,1H3. The second kappa shape index (κ2) is 6.55. The second-order valence-corrected chi connectivity index (χ2v) is 6.68. The average Bonchev–Trinajstić information content (AvgIpc) is 3.07. The van der Waals surface area contributed by atoms with E-state index in [0.717, 1.165) is 11.1 Å². The molecule has 0 radical (unpaired) electrons. The first-order valence-corrected chi connectivity index (χ1v) is 8.50. The zero-order valence-corrected chi connectivity index (χ0v) is 15.1. The van der Waals surface area contributed by atoms with Gasteiger partial charge in [-0.05, 0) is 19.1 Å². The molecule has 2 aromatic heterocycles. The average molecular weight is 387 g/mol. The highest BCUT2D eigenvalue weighted by Crippen LogP contribution is 2.24. The molecule has 0 fully saturated rings. The Labute approximate surface area is 158 Å². The van der Waals surface area contributed by atoms with E-state index in [1.807, 2.05) is 31.2 Å². The van der Waals surface area contributed by atoms with Crippen LogP contribution in [-0.4, -0.2) is 19.7 Å². The summed E-state index contributed by atoms with van der Waals surface area (Å²) < 4.78 is 6.64. The minimum absolute atomic E-state index is 0.102. The van der Waals surface area contributed by atoms with Crippen LogP contribution < -0.4 is 5.56 Å². The molecule has 8 heteroatoms. The van der Waals surface area contributed by atoms with Crippen LogP contribution in [0, 0.1) is 6.92 Å². The van der Waals surface area contributed by atoms with E-state index in [1.165, 1.54) is 10.9 Å². The van der Waals surface area contributed by atoms with Crippen LogP contribution >= 0.6 is 23.2 Å². The topological polar surface area (TPSA) is 73.8 Å². The summed E-state index contributed by atoms with van der Waals surface area (Å²) in [6.45, 7) is 2.11. The van der Waals surface area contributed by atoms with Gasteiger partial charge >= 0.3 is 0 Å². The minimum atomic E-state index is -0.283. The van der Waals surface area contributed by atoms with Gasteiger partial charge < -0.3 is 4.52 Å². The Morgan fingerprint density at radius 2 is 1.92 bits per heavy atom. The lowest BCUT2D eigenvalue weighted by Crippen LogP contribution is -2.21. The number of fused-ring (bicyclic) bond motifs is 1. The maximum atomic E-state index is 12.7. The van der Waals surface area contributed by atoms with E-state index in [0.29, 0.717) is 32.7 Å². The molecule has 0 saturated carbocycles. The highest BCUT2D eigenvalue weighted by molar-refractivity contribution is 6.38. The van der Waals surface area contributed by atoms with E-state index in [9.17, 15) is 4.79 Å². The zero-order chi connectivity index (χ0) is 18.3. The van der Waals surface area contributed by atoms with Crippen LogP contribution in [0.15, 0.2) is 52.0 Å². The van der Waals surface area contributed by atoms with Crippen molar-refractivity contribution in [3.8, 4) is 11.4 Å². The number of hydrogen-bond donors (Lipinski definition) is 0. The summed E-state index contributed by atoms with van der Waals surface area (Å²) in [7, 11) is 0. The first-order valence-electron chi connectivity index (χ1n) is 7.75. The van der Waals surface area contributed by atoms with E-state index in [1.54, 1.807) is 12.1 Å². The van der Waals surface area contributed by atoms with E-state index in [4.69, 9.17) is 27.7 Å². The van der Waals surface area contributed by atoms with Crippen molar-refractivity contribution in [3.63, 3.8) is 0 Å². The van der Waals surface area contributed by atoms with E-state index in [2.05, 4.69) is 15.1 Å². The third-order valence-corrected chi connectivity index (χ3v) is 4.44. The Kier molecular flexibility index (Phi) is 4.22. The Balaban J connectivity index is 1.69. The van der Waals surface area contributed by atoms with Gasteiger partial charge in [0.1, 0.15) is 6.54 Å². The number of aromatic nitrogens is 4. The maximum Gasteiger partial charge on any atom is 0.261 e. The molecule has 0 unspecified atom stereocenters. The van der Waals surface area contributed by atoms with Crippen molar-refractivity contribution < 1.29 is 4.52 Å². The fraction of sp³-hybridized carbons (Fsp3) is 0.111. The molecule has 0 aliphatic carbocycles. The van der Waals surface area contributed by atoms with Crippen LogP contribution in [0.25, 0.3) is 22.3 Å². The number of aryl methyl sites for hydroxylation is 1. The summed E-state index contributed by atoms with van der Waals surface area (Å²) in [5, 5.41) is 5.01. The van der Waals surface area contributed by atoms with Gasteiger partial charge in [-0.15, -0.1) is 0 Å². The Morgan fingerprint density at radius 3 is 2.69 bits per heavy atom. The lowest BCUT2D eigenvalue weighted by molar-refractivity contribution is 0.369. The molecule has 26 heavy (non-hydrogen) atoms. The number of benzene rings is 2. The van der Waals surface area contributed by atoms with Crippen molar-refractivity contribution in [2.24, 2.45) is 0 Å². The van der Waals surface area contributed by atoms with E-state index < -0.39 is 0 Å². The predicted octanol–water partition coefficient (Wildman–Crippen LogP) is 4.11. The molecule has 0 N–H and O–H groups in total. The number of hydrogen-bond acceptors (Lipinski definition) is 5. The summed E-state index contributed by atoms with van der Waals surface area (Å²) in [4.78, 5) is 21.2. The van der Waals surface area contributed by atoms with Gasteiger partial charge in [-0.1, -0.05) is 58.2 Å². The molecule has 0 aliphatic rings. The molecule has 0 aliphatic heterocycles. The summed E-state index contributed by atoms with van der Waals surface area (Å²) in [5.74, 6) is 0.768. The molecule has 0 bridgehead atoms. The molecule has 2 aromatic carbocycles. The molecular weight excluding hydrogens is 375 g/mol. The molecule has 0 amide bonds. The maximum absolute atomic E-state index is 12.7. The van der Waals surface area contributed by atoms with Crippen molar-refractivity contribution in [2.75, 3.05) is 0 Å². The van der Waals surface area contributed by atoms with Gasteiger partial charge in [-0.3, -0.25) is 9.36 Å². The summed E-state index contributed by atoms with van der Waals surface area (Å²) in [6.07, 6.45) is 1.40. The Hall–Kier alpha value is -2.70. The monoisotopic (exact) mass is 386 g/mol. The van der Waals surface area contributed by atoms with Crippen molar-refractivity contribution in [1.82, 2.24) is 19.7 Å². The number of nitrogens with zero attached hydrogens (tertiary/aromatic N) is 4. The first-order chi connectivity index (χ1) is 12.5. The summed E-state index contributed by atoms with van der Waals surface area (Å²) in [5.41, 5.74) is 2.11. The van der Waals surface area contributed by atoms with Crippen molar-refractivity contribution in [1.29, 1.82) is 0 Å². The number of rotatable bonds is 3. The SMILES string of the molecule is Cc1ccc(-c2noc(Cn3cnc4c(Cl)cc(Cl)cc4c3=O)n2)cc1. The van der Waals surface area contributed by atoms with Crippen LogP contribution in [0.3, 0.4) is 0 Å². The fourth-order valence-electron chi connectivity index (χ4n) is 2.59. The molecule has 0 saturated heterocycles. The molecule has 4 rings (SSSR count). The van der Waals surface area contributed by atoms with Gasteiger partial charge in [-0.25, -0.2) is 4.98 Å². The quantitative estimate of drug-likeness (QED) is 0.529. The summed E-state index contributed by atoms with van der Waals surface area (Å²) >= 11 is 12.1. The van der Waals surface area contributed by atoms with Gasteiger partial charge in [0, 0.05) is 10.6 Å². The normalized spacial score (nSPS) is 11.2. The van der Waals surface area contributed by atoms with E-state index in [-0.39, 0.29) is 12.1 Å². The molecule has 0 spiro atoms. The van der Waals surface area contributed by atoms with Gasteiger partial charge in [0.25, 0.3) is 5.56 Å². The molecule has 0 atom stereocenters. The van der Waals surface area contributed by atoms with Gasteiger partial charge in [0.15, 0.2) is 0 Å². The largest absolute Gasteiger partial charge is 0.337 e. The molecule has 4 aromatic rings. The third kappa shape index (κ3) is 3.09. The third-order valence-electron chi connectivity index (χ3n) is 3.93. The summed E-state index contributed by atoms with van der Waals surface area (Å²) in [6, 6.07) is 10.9. The predicted molar refractivity (Wildman–Crippen MR) is 99.6 cm³/mol. The zero-order valence-electron chi connectivity index (χ0n) is 13.6. The Bertz CT molecular complexity index is 1170. The lowest BCUT2D eigenvalue weighted by Gasteiger charge is -2.05. The van der Waals surface area contributed by atoms with Gasteiger partial charge in [-0.2, -0.15) is 4.98 Å². The highest BCUT2D eigenvalue weighted by atomic mass is 35.5. The molecule has 6 nitrogen and oxygen atoms in total. The van der Waals surface area contributed by atoms with Crippen molar-refractivity contribution >= 4 is 34.1 Å².